The molecule has 0 N–H and O–H groups in total. The van der Waals surface area contributed by atoms with Gasteiger partial charge in [0, 0.05) is 27.1 Å². The van der Waals surface area contributed by atoms with Crippen LogP contribution in [0.15, 0.2) is 207 Å². The van der Waals surface area contributed by atoms with Crippen molar-refractivity contribution in [2.45, 2.75) is 0 Å². The molecule has 72 heavy (non-hydrogen) atoms. The number of hydrogen-bond donors (Lipinski definition) is 0. The summed E-state index contributed by atoms with van der Waals surface area (Å²) < 4.78 is 4.45. The van der Waals surface area contributed by atoms with Gasteiger partial charge in [0.1, 0.15) is 0 Å². The molecule has 0 fully saturated rings. The third-order valence-corrected chi connectivity index (χ3v) is 13.6. The molecule has 0 aliphatic carbocycles. The Hall–Kier alpha value is -10.8. The predicted molar refractivity (Wildman–Crippen MR) is 288 cm³/mol. The zero-order valence-corrected chi connectivity index (χ0v) is 38.2. The van der Waals surface area contributed by atoms with Gasteiger partial charge in [-0.1, -0.05) is 152 Å². The zero-order valence-electron chi connectivity index (χ0n) is 38.2. The fourth-order valence-electron chi connectivity index (χ4n) is 10.3. The molecular formula is C64H34N8. The van der Waals surface area contributed by atoms with Gasteiger partial charge in [-0.25, -0.2) is 14.5 Å². The van der Waals surface area contributed by atoms with Crippen LogP contribution in [0.4, 0.5) is 17.1 Å². The molecule has 12 rings (SSSR count). The molecule has 8 heteroatoms. The SMILES string of the molecule is [C-]#[N+]c1ccccc1-c1ccc2c3ccc(-c4ccccc4C#N)cc3n(-c3cncc(-n4c5cc(-c6ccccc6[N+]#[C-])ccc5c5ccc(-c6ccccc6[N+]#[C-])cc54)c3-c3cccc(C#N)c3)c2c1. The van der Waals surface area contributed by atoms with Crippen LogP contribution < -0.4 is 0 Å². The van der Waals surface area contributed by atoms with E-state index in [1.165, 1.54) is 0 Å². The molecule has 0 amide bonds. The lowest BCUT2D eigenvalue weighted by atomic mass is 9.98. The molecule has 0 spiro atoms. The zero-order chi connectivity index (χ0) is 48.9. The Labute approximate surface area is 414 Å². The average molecular weight is 915 g/mol. The van der Waals surface area contributed by atoms with Gasteiger partial charge in [-0.2, -0.15) is 10.5 Å². The molecule has 0 aliphatic heterocycles. The van der Waals surface area contributed by atoms with Gasteiger partial charge in [0.25, 0.3) is 0 Å². The molecule has 8 nitrogen and oxygen atoms in total. The van der Waals surface area contributed by atoms with Crippen LogP contribution in [0.3, 0.4) is 0 Å². The Bertz CT molecular complexity index is 3990. The number of hydrogen-bond acceptors (Lipinski definition) is 3. The second-order valence-electron chi connectivity index (χ2n) is 17.4. The van der Waals surface area contributed by atoms with Crippen LogP contribution >= 0.6 is 0 Å². The summed E-state index contributed by atoms with van der Waals surface area (Å²) in [4.78, 5) is 16.8. The Balaban J connectivity index is 1.24. The van der Waals surface area contributed by atoms with Gasteiger partial charge in [-0.3, -0.25) is 4.98 Å². The summed E-state index contributed by atoms with van der Waals surface area (Å²) in [6.45, 7) is 24.2. The largest absolute Gasteiger partial charge is 0.307 e. The van der Waals surface area contributed by atoms with Crippen molar-refractivity contribution in [1.82, 2.24) is 14.1 Å². The van der Waals surface area contributed by atoms with E-state index in [0.717, 1.165) is 111 Å². The van der Waals surface area contributed by atoms with Gasteiger partial charge in [0.2, 0.25) is 0 Å². The highest BCUT2D eigenvalue weighted by Crippen LogP contribution is 2.46. The number of aromatic nitrogens is 3. The van der Waals surface area contributed by atoms with Crippen molar-refractivity contribution in [3.8, 4) is 79.1 Å². The standard InChI is InChI=1S/C64H34N8/c1-67-55-20-9-6-17-48(55)42-24-28-52-51-27-23-41(47-16-5-4-14-46(47)37-66)32-58(51)71(59(52)33-42)62-38-70-39-63(64(62)45-15-12-13-40(31-45)36-65)72-60-34-43(49-18-7-10-21-56(49)68-2)25-29-53(60)54-30-26-44(35-61(54)72)50-19-8-11-22-57(50)69-3/h4-35,38-39H. The molecule has 0 saturated carbocycles. The van der Waals surface area contributed by atoms with Gasteiger partial charge < -0.3 is 9.13 Å². The van der Waals surface area contributed by atoms with E-state index in [1.807, 2.05) is 128 Å². The smallest absolute Gasteiger partial charge is 0.194 e. The summed E-state index contributed by atoms with van der Waals surface area (Å²) >= 11 is 0. The van der Waals surface area contributed by atoms with Crippen LogP contribution in [-0.4, -0.2) is 14.1 Å². The third kappa shape index (κ3) is 6.84. The first kappa shape index (κ1) is 42.5. The first-order valence-electron chi connectivity index (χ1n) is 23.1. The molecule has 0 bridgehead atoms. The Morgan fingerprint density at radius 2 is 0.764 bits per heavy atom. The minimum absolute atomic E-state index is 0.482. The van der Waals surface area contributed by atoms with Crippen LogP contribution in [0.2, 0.25) is 0 Å². The van der Waals surface area contributed by atoms with Gasteiger partial charge >= 0.3 is 0 Å². The molecule has 0 radical (unpaired) electrons. The molecular weight excluding hydrogens is 881 g/mol. The Morgan fingerprint density at radius 1 is 0.375 bits per heavy atom. The van der Waals surface area contributed by atoms with Crippen LogP contribution in [-0.2, 0) is 0 Å². The number of pyridine rings is 1. The number of fused-ring (bicyclic) bond motifs is 6. The van der Waals surface area contributed by atoms with Crippen molar-refractivity contribution in [3.63, 3.8) is 0 Å². The highest BCUT2D eigenvalue weighted by molar-refractivity contribution is 6.14. The normalized spacial score (nSPS) is 11.0. The minimum Gasteiger partial charge on any atom is -0.307 e. The molecule has 330 valence electrons. The van der Waals surface area contributed by atoms with Gasteiger partial charge in [-0.05, 0) is 92.5 Å². The highest BCUT2D eigenvalue weighted by Gasteiger charge is 2.25. The summed E-state index contributed by atoms with van der Waals surface area (Å²) in [5, 5.41) is 24.6. The molecule has 0 aliphatic rings. The summed E-state index contributed by atoms with van der Waals surface area (Å²) in [5.41, 5.74) is 15.8. The lowest BCUT2D eigenvalue weighted by Crippen LogP contribution is -2.05. The highest BCUT2D eigenvalue weighted by atomic mass is 15.0. The fourth-order valence-corrected chi connectivity index (χ4v) is 10.3. The lowest BCUT2D eigenvalue weighted by molar-refractivity contribution is 1.09. The van der Waals surface area contributed by atoms with Gasteiger partial charge in [-0.15, -0.1) is 0 Å². The second kappa shape index (κ2) is 17.4. The maximum atomic E-state index is 10.4. The number of para-hydroxylation sites is 3. The third-order valence-electron chi connectivity index (χ3n) is 13.6. The van der Waals surface area contributed by atoms with Gasteiger partial charge in [0.15, 0.2) is 17.1 Å². The van der Waals surface area contributed by atoms with E-state index >= 15 is 0 Å². The van der Waals surface area contributed by atoms with E-state index < -0.39 is 0 Å². The molecule has 3 heterocycles. The Morgan fingerprint density at radius 3 is 1.17 bits per heavy atom. The van der Waals surface area contributed by atoms with Crippen LogP contribution in [0.1, 0.15) is 11.1 Å². The maximum Gasteiger partial charge on any atom is 0.194 e. The van der Waals surface area contributed by atoms with Crippen molar-refractivity contribution >= 4 is 60.7 Å². The first-order chi connectivity index (χ1) is 35.5. The van der Waals surface area contributed by atoms with Crippen molar-refractivity contribution in [3.05, 3.63) is 252 Å². The van der Waals surface area contributed by atoms with Crippen LogP contribution in [0.5, 0.6) is 0 Å². The summed E-state index contributed by atoms with van der Waals surface area (Å²) in [7, 11) is 0. The minimum atomic E-state index is 0.482. The first-order valence-corrected chi connectivity index (χ1v) is 23.1. The van der Waals surface area contributed by atoms with Gasteiger partial charge in [0.05, 0.1) is 88.8 Å². The van der Waals surface area contributed by atoms with E-state index in [1.54, 1.807) is 6.07 Å². The molecule has 0 unspecified atom stereocenters. The summed E-state index contributed by atoms with van der Waals surface area (Å²) in [6.07, 6.45) is 3.74. The van der Waals surface area contributed by atoms with Crippen molar-refractivity contribution in [2.75, 3.05) is 0 Å². The monoisotopic (exact) mass is 914 g/mol. The van der Waals surface area contributed by atoms with E-state index in [4.69, 9.17) is 24.7 Å². The number of benzene rings is 9. The van der Waals surface area contributed by atoms with E-state index in [-0.39, 0.29) is 0 Å². The maximum absolute atomic E-state index is 10.4. The fraction of sp³-hybridized carbons (Fsp3) is 0. The Kier molecular flexibility index (Phi) is 10.3. The summed E-state index contributed by atoms with van der Waals surface area (Å²) in [5.74, 6) is 0. The van der Waals surface area contributed by atoms with Crippen molar-refractivity contribution in [1.29, 1.82) is 10.5 Å². The molecule has 9 aromatic carbocycles. The van der Waals surface area contributed by atoms with E-state index in [0.29, 0.717) is 28.2 Å². The number of nitriles is 2. The van der Waals surface area contributed by atoms with Crippen molar-refractivity contribution < 1.29 is 0 Å². The quantitative estimate of drug-likeness (QED) is 0.149. The van der Waals surface area contributed by atoms with E-state index in [2.05, 4.69) is 109 Å². The lowest BCUT2D eigenvalue weighted by Gasteiger charge is -2.20. The molecule has 3 aromatic heterocycles. The van der Waals surface area contributed by atoms with Crippen molar-refractivity contribution in [2.24, 2.45) is 0 Å². The molecule has 0 atom stereocenters. The molecule has 0 saturated heterocycles. The number of nitrogens with zero attached hydrogens (tertiary/aromatic N) is 8. The topological polar surface area (TPSA) is 83.4 Å². The summed E-state index contributed by atoms with van der Waals surface area (Å²) in [6, 6.07) is 68.1. The second-order valence-corrected chi connectivity index (χ2v) is 17.4. The predicted octanol–water partition coefficient (Wildman–Crippen LogP) is 17.0. The van der Waals surface area contributed by atoms with Crippen LogP contribution in [0.25, 0.3) is 125 Å². The van der Waals surface area contributed by atoms with Crippen LogP contribution in [0, 0.1) is 42.4 Å². The average Bonchev–Trinajstić information content (AvgIpc) is 3.95. The number of rotatable bonds is 7. The van der Waals surface area contributed by atoms with E-state index in [9.17, 15) is 10.5 Å². The molecule has 12 aromatic rings.